The molecule has 3 aliphatic carbocycles. The van der Waals surface area contributed by atoms with Crippen molar-refractivity contribution in [3.8, 4) is 0 Å². The van der Waals surface area contributed by atoms with Crippen LogP contribution in [0.15, 0.2) is 0 Å². The molecule has 0 heterocycles. The molecule has 0 saturated heterocycles. The van der Waals surface area contributed by atoms with Crippen LogP contribution in [0.3, 0.4) is 0 Å². The number of hydrogen-bond donors (Lipinski definition) is 2. The van der Waals surface area contributed by atoms with Gasteiger partial charge in [-0.15, -0.1) is 0 Å². The highest BCUT2D eigenvalue weighted by Crippen LogP contribution is 2.45. The highest BCUT2D eigenvalue weighted by Gasteiger charge is 2.56. The fraction of sp³-hybridized carbons (Fsp3) is 0.800. The first-order valence-corrected chi connectivity index (χ1v) is 10.2. The van der Waals surface area contributed by atoms with Crippen molar-refractivity contribution in [2.45, 2.75) is 82.8 Å². The number of esters is 2. The Morgan fingerprint density at radius 1 is 0.679 bits per heavy atom. The predicted molar refractivity (Wildman–Crippen MR) is 95.2 cm³/mol. The van der Waals surface area contributed by atoms with Crippen molar-refractivity contribution in [1.82, 2.24) is 0 Å². The Labute approximate surface area is 163 Å². The van der Waals surface area contributed by atoms with Crippen LogP contribution in [-0.2, 0) is 28.7 Å². The van der Waals surface area contributed by atoms with Gasteiger partial charge in [0.25, 0.3) is 0 Å². The number of hydrogen-bond acceptors (Lipinski definition) is 6. The summed E-state index contributed by atoms with van der Waals surface area (Å²) in [5, 5.41) is 18.9. The van der Waals surface area contributed by atoms with Gasteiger partial charge in [0, 0.05) is 11.8 Å². The minimum Gasteiger partial charge on any atom is -0.478 e. The van der Waals surface area contributed by atoms with Crippen molar-refractivity contribution in [2.75, 3.05) is 0 Å². The zero-order valence-electron chi connectivity index (χ0n) is 15.9. The average molecular weight is 396 g/mol. The van der Waals surface area contributed by atoms with Gasteiger partial charge in [0.05, 0.1) is 0 Å². The van der Waals surface area contributed by atoms with Gasteiger partial charge >= 0.3 is 23.9 Å². The smallest absolute Gasteiger partial charge is 0.345 e. The number of carboxylic acids is 2. The van der Waals surface area contributed by atoms with Crippen LogP contribution >= 0.6 is 0 Å². The number of ether oxygens (including phenoxy) is 2. The van der Waals surface area contributed by atoms with Gasteiger partial charge in [0.1, 0.15) is 0 Å². The lowest BCUT2D eigenvalue weighted by Gasteiger charge is -2.38. The molecular formula is C20H28O8. The Kier molecular flexibility index (Phi) is 6.25. The standard InChI is InChI=1S/C20H28O8/c21-16(22)14(12-6-1-2-7-12)27-18(25)20(10-5-11-20)19(26)28-15(17(23)24)13-8-3-4-9-13/h12-15H,1-11H2,(H,21,22)(H,23,24). The Bertz CT molecular complexity index is 576. The molecule has 0 aromatic carbocycles. The lowest BCUT2D eigenvalue weighted by molar-refractivity contribution is -0.195. The first-order chi connectivity index (χ1) is 13.3. The largest absolute Gasteiger partial charge is 0.478 e. The quantitative estimate of drug-likeness (QED) is 0.473. The molecule has 3 aliphatic rings. The number of rotatable bonds is 8. The molecule has 3 saturated carbocycles. The Hall–Kier alpha value is -2.12. The first kappa shape index (κ1) is 20.6. The van der Waals surface area contributed by atoms with E-state index in [0.29, 0.717) is 32.1 Å². The first-order valence-electron chi connectivity index (χ1n) is 10.2. The second kappa shape index (κ2) is 8.49. The van der Waals surface area contributed by atoms with Crippen molar-refractivity contribution in [3.63, 3.8) is 0 Å². The van der Waals surface area contributed by atoms with E-state index in [-0.39, 0.29) is 24.7 Å². The van der Waals surface area contributed by atoms with Gasteiger partial charge in [0.15, 0.2) is 5.41 Å². The molecule has 8 nitrogen and oxygen atoms in total. The van der Waals surface area contributed by atoms with E-state index in [2.05, 4.69) is 0 Å². The fourth-order valence-electron chi connectivity index (χ4n) is 4.69. The summed E-state index contributed by atoms with van der Waals surface area (Å²) in [4.78, 5) is 48.8. The number of carbonyl (C=O) groups excluding carboxylic acids is 2. The minimum absolute atomic E-state index is 0.193. The van der Waals surface area contributed by atoms with E-state index in [1.54, 1.807) is 0 Å². The van der Waals surface area contributed by atoms with Crippen LogP contribution in [0.1, 0.15) is 70.6 Å². The molecule has 3 rings (SSSR count). The third-order valence-corrected chi connectivity index (χ3v) is 6.60. The summed E-state index contributed by atoms with van der Waals surface area (Å²) in [5.41, 5.74) is -1.57. The monoisotopic (exact) mass is 396 g/mol. The Morgan fingerprint density at radius 2 is 1.04 bits per heavy atom. The minimum atomic E-state index is -1.57. The van der Waals surface area contributed by atoms with E-state index >= 15 is 0 Å². The highest BCUT2D eigenvalue weighted by atomic mass is 16.6. The third kappa shape index (κ3) is 4.00. The maximum atomic E-state index is 12.8. The molecule has 2 atom stereocenters. The van der Waals surface area contributed by atoms with E-state index in [9.17, 15) is 29.4 Å². The van der Waals surface area contributed by atoms with Crippen molar-refractivity contribution >= 4 is 23.9 Å². The second-order valence-electron chi connectivity index (χ2n) is 8.35. The second-order valence-corrected chi connectivity index (χ2v) is 8.35. The van der Waals surface area contributed by atoms with Crippen LogP contribution in [0.4, 0.5) is 0 Å². The van der Waals surface area contributed by atoms with E-state index in [4.69, 9.17) is 9.47 Å². The normalized spacial score (nSPS) is 24.1. The van der Waals surface area contributed by atoms with Gasteiger partial charge in [-0.3, -0.25) is 9.59 Å². The molecule has 8 heteroatoms. The highest BCUT2D eigenvalue weighted by molar-refractivity contribution is 6.02. The van der Waals surface area contributed by atoms with Gasteiger partial charge in [-0.05, 0) is 44.9 Å². The van der Waals surface area contributed by atoms with Crippen molar-refractivity contribution in [1.29, 1.82) is 0 Å². The molecule has 0 aromatic heterocycles. The average Bonchev–Trinajstić information content (AvgIpc) is 3.29. The summed E-state index contributed by atoms with van der Waals surface area (Å²) in [5.74, 6) is -4.70. The molecule has 156 valence electrons. The molecule has 0 spiro atoms. The number of carbonyl (C=O) groups is 4. The molecule has 0 aromatic rings. The van der Waals surface area contributed by atoms with Crippen LogP contribution in [0, 0.1) is 17.3 Å². The molecule has 28 heavy (non-hydrogen) atoms. The van der Waals surface area contributed by atoms with E-state index in [1.165, 1.54) is 0 Å². The van der Waals surface area contributed by atoms with Gasteiger partial charge in [-0.1, -0.05) is 25.7 Å². The third-order valence-electron chi connectivity index (χ3n) is 6.60. The van der Waals surface area contributed by atoms with Crippen LogP contribution in [0.25, 0.3) is 0 Å². The number of carboxylic acid groups (broad SMARTS) is 2. The molecule has 0 radical (unpaired) electrons. The maximum absolute atomic E-state index is 12.8. The van der Waals surface area contributed by atoms with Crippen molar-refractivity contribution < 1.29 is 38.9 Å². The Balaban J connectivity index is 1.70. The van der Waals surface area contributed by atoms with Gasteiger partial charge in [0.2, 0.25) is 12.2 Å². The van der Waals surface area contributed by atoms with Crippen molar-refractivity contribution in [2.24, 2.45) is 17.3 Å². The summed E-state index contributed by atoms with van der Waals surface area (Å²) in [7, 11) is 0. The van der Waals surface area contributed by atoms with Gasteiger partial charge < -0.3 is 19.7 Å². The summed E-state index contributed by atoms with van der Waals surface area (Å²) in [6.45, 7) is 0. The molecule has 2 unspecified atom stereocenters. The summed E-state index contributed by atoms with van der Waals surface area (Å²) < 4.78 is 10.6. The molecular weight excluding hydrogens is 368 g/mol. The van der Waals surface area contributed by atoms with Gasteiger partial charge in [-0.25, -0.2) is 9.59 Å². The fourth-order valence-corrected chi connectivity index (χ4v) is 4.69. The Morgan fingerprint density at radius 3 is 1.29 bits per heavy atom. The van der Waals surface area contributed by atoms with Crippen molar-refractivity contribution in [3.05, 3.63) is 0 Å². The topological polar surface area (TPSA) is 127 Å². The van der Waals surface area contributed by atoms with Gasteiger partial charge in [-0.2, -0.15) is 0 Å². The van der Waals surface area contributed by atoms with Crippen LogP contribution < -0.4 is 0 Å². The van der Waals surface area contributed by atoms with Crippen LogP contribution in [-0.4, -0.2) is 46.3 Å². The van der Waals surface area contributed by atoms with E-state index in [0.717, 1.165) is 25.7 Å². The predicted octanol–water partition coefficient (Wildman–Crippen LogP) is 2.53. The molecule has 0 amide bonds. The molecule has 0 bridgehead atoms. The molecule has 3 fully saturated rings. The molecule has 2 N–H and O–H groups in total. The van der Waals surface area contributed by atoms with E-state index < -0.39 is 41.5 Å². The maximum Gasteiger partial charge on any atom is 0.345 e. The SMILES string of the molecule is O=C(O)C(OC(=O)C1(C(=O)OC(C(=O)O)C2CCCC2)CCC1)C1CCCC1. The summed E-state index contributed by atoms with van der Waals surface area (Å²) in [6.07, 6.45) is 4.69. The molecule has 0 aliphatic heterocycles. The summed E-state index contributed by atoms with van der Waals surface area (Å²) >= 11 is 0. The number of aliphatic carboxylic acids is 2. The summed E-state index contributed by atoms with van der Waals surface area (Å²) in [6, 6.07) is 0. The van der Waals surface area contributed by atoms with Crippen LogP contribution in [0.5, 0.6) is 0 Å². The van der Waals surface area contributed by atoms with Crippen LogP contribution in [0.2, 0.25) is 0 Å². The van der Waals surface area contributed by atoms with E-state index in [1.807, 2.05) is 0 Å². The lowest BCUT2D eigenvalue weighted by Crippen LogP contribution is -2.51. The lowest BCUT2D eigenvalue weighted by atomic mass is 9.68. The zero-order valence-corrected chi connectivity index (χ0v) is 15.9. The zero-order chi connectivity index (χ0) is 20.3.